The van der Waals surface area contributed by atoms with E-state index in [9.17, 15) is 27.2 Å². The molecule has 4 nitrogen and oxygen atoms in total. The number of carbonyl (C=O) groups excluding carboxylic acids is 2. The summed E-state index contributed by atoms with van der Waals surface area (Å²) < 4.78 is 58.3. The molecule has 29 heavy (non-hydrogen) atoms. The topological polar surface area (TPSA) is 55.4 Å². The third kappa shape index (κ3) is 4.90. The van der Waals surface area contributed by atoms with Gasteiger partial charge in [-0.25, -0.2) is 4.39 Å². The minimum absolute atomic E-state index is 0.142. The normalized spacial score (nSPS) is 13.8. The highest BCUT2D eigenvalue weighted by atomic mass is 19.4. The highest BCUT2D eigenvalue weighted by molar-refractivity contribution is 6.00. The molecule has 0 atom stereocenters. The largest absolute Gasteiger partial charge is 0.456 e. The van der Waals surface area contributed by atoms with Gasteiger partial charge in [0.1, 0.15) is 17.3 Å². The van der Waals surface area contributed by atoms with E-state index in [0.717, 1.165) is 18.2 Å². The van der Waals surface area contributed by atoms with Crippen molar-refractivity contribution in [3.05, 3.63) is 82.8 Å². The second kappa shape index (κ2) is 7.90. The molecule has 0 spiro atoms. The van der Waals surface area contributed by atoms with Crippen molar-refractivity contribution >= 4 is 11.7 Å². The van der Waals surface area contributed by atoms with Crippen LogP contribution >= 0.6 is 0 Å². The van der Waals surface area contributed by atoms with Gasteiger partial charge in [-0.2, -0.15) is 13.2 Å². The van der Waals surface area contributed by atoms with Crippen molar-refractivity contribution in [3.8, 4) is 11.5 Å². The number of rotatable bonds is 4. The van der Waals surface area contributed by atoms with Crippen LogP contribution in [0, 0.1) is 12.7 Å². The Morgan fingerprint density at radius 1 is 1.10 bits per heavy atom. The molecular formula is C21H15F4NO3. The van der Waals surface area contributed by atoms with Crippen molar-refractivity contribution in [1.82, 2.24) is 5.32 Å². The SMILES string of the molecule is Cc1cc(F)ccc1Oc1ccc(C(F)(F)F)cc1C(=O)NC1=CC(=O)CC=C1. The molecule has 2 aromatic rings. The lowest BCUT2D eigenvalue weighted by atomic mass is 10.1. The number of carbonyl (C=O) groups is 2. The summed E-state index contributed by atoms with van der Waals surface area (Å²) in [6.07, 6.45) is -0.280. The quantitative estimate of drug-likeness (QED) is 0.721. The fourth-order valence-corrected chi connectivity index (χ4v) is 2.68. The Bertz CT molecular complexity index is 1040. The zero-order valence-corrected chi connectivity index (χ0v) is 15.1. The number of amides is 1. The molecule has 8 heteroatoms. The van der Waals surface area contributed by atoms with Crippen molar-refractivity contribution in [2.45, 2.75) is 19.5 Å². The number of halogens is 4. The molecule has 1 N–H and O–H groups in total. The van der Waals surface area contributed by atoms with E-state index in [2.05, 4.69) is 5.32 Å². The molecule has 3 rings (SSSR count). The summed E-state index contributed by atoms with van der Waals surface area (Å²) in [4.78, 5) is 24.1. The van der Waals surface area contributed by atoms with Crippen molar-refractivity contribution in [1.29, 1.82) is 0 Å². The molecule has 2 aromatic carbocycles. The van der Waals surface area contributed by atoms with Gasteiger partial charge in [-0.3, -0.25) is 9.59 Å². The Morgan fingerprint density at radius 2 is 1.83 bits per heavy atom. The molecule has 0 radical (unpaired) electrons. The molecule has 0 fully saturated rings. The van der Waals surface area contributed by atoms with Gasteiger partial charge in [0.15, 0.2) is 5.78 Å². The molecule has 0 saturated heterocycles. The summed E-state index contributed by atoms with van der Waals surface area (Å²) in [5, 5.41) is 2.40. The molecule has 1 aliphatic carbocycles. The van der Waals surface area contributed by atoms with Crippen molar-refractivity contribution in [3.63, 3.8) is 0 Å². The standard InChI is InChI=1S/C21H15F4NO3/c1-12-9-14(22)6-8-18(12)29-19-7-5-13(21(23,24)25)10-17(19)20(28)26-15-3-2-4-16(27)11-15/h2-3,5-11H,4H2,1H3,(H,26,28). The zero-order chi connectivity index (χ0) is 21.2. The van der Waals surface area contributed by atoms with Crippen LogP contribution < -0.4 is 10.1 Å². The highest BCUT2D eigenvalue weighted by Crippen LogP contribution is 2.35. The summed E-state index contributed by atoms with van der Waals surface area (Å²) in [6, 6.07) is 6.12. The Hall–Kier alpha value is -3.42. The van der Waals surface area contributed by atoms with Gasteiger partial charge < -0.3 is 10.1 Å². The van der Waals surface area contributed by atoms with Gasteiger partial charge in [-0.15, -0.1) is 0 Å². The lowest BCUT2D eigenvalue weighted by Crippen LogP contribution is -2.24. The first-order valence-corrected chi connectivity index (χ1v) is 8.51. The van der Waals surface area contributed by atoms with Crippen molar-refractivity contribution in [2.75, 3.05) is 0 Å². The number of allylic oxidation sites excluding steroid dienone is 3. The van der Waals surface area contributed by atoms with Gasteiger partial charge in [0.05, 0.1) is 11.1 Å². The van der Waals surface area contributed by atoms with Crippen LogP contribution in [0.5, 0.6) is 11.5 Å². The number of ether oxygens (including phenoxy) is 1. The third-order valence-corrected chi connectivity index (χ3v) is 4.10. The van der Waals surface area contributed by atoms with Crippen LogP contribution in [0.3, 0.4) is 0 Å². The van der Waals surface area contributed by atoms with Gasteiger partial charge >= 0.3 is 6.18 Å². The minimum Gasteiger partial charge on any atom is -0.456 e. The Kier molecular flexibility index (Phi) is 5.54. The molecule has 0 saturated carbocycles. The van der Waals surface area contributed by atoms with Crippen molar-refractivity contribution < 1.29 is 31.9 Å². The second-order valence-corrected chi connectivity index (χ2v) is 6.35. The van der Waals surface area contributed by atoms with Gasteiger partial charge in [-0.05, 0) is 55.0 Å². The average Bonchev–Trinajstić information content (AvgIpc) is 2.63. The maximum absolute atomic E-state index is 13.3. The summed E-state index contributed by atoms with van der Waals surface area (Å²) in [5.41, 5.74) is -0.849. The first-order chi connectivity index (χ1) is 13.6. The van der Waals surface area contributed by atoms with Crippen LogP contribution in [0.15, 0.2) is 60.3 Å². The number of nitrogens with one attached hydrogen (secondary N) is 1. The van der Waals surface area contributed by atoms with E-state index in [1.165, 1.54) is 30.4 Å². The zero-order valence-electron chi connectivity index (χ0n) is 15.1. The van der Waals surface area contributed by atoms with Crippen LogP contribution in [0.2, 0.25) is 0 Å². The van der Waals surface area contributed by atoms with Gasteiger partial charge in [-0.1, -0.05) is 6.08 Å². The maximum Gasteiger partial charge on any atom is 0.416 e. The van der Waals surface area contributed by atoms with E-state index in [-0.39, 0.29) is 35.0 Å². The van der Waals surface area contributed by atoms with Crippen LogP contribution in [0.1, 0.15) is 27.9 Å². The smallest absolute Gasteiger partial charge is 0.416 e. The van der Waals surface area contributed by atoms with Gasteiger partial charge in [0, 0.05) is 18.2 Å². The molecule has 1 aliphatic rings. The van der Waals surface area contributed by atoms with E-state index in [0.29, 0.717) is 11.6 Å². The van der Waals surface area contributed by atoms with Gasteiger partial charge in [0.2, 0.25) is 0 Å². The van der Waals surface area contributed by atoms with Crippen LogP contribution in [0.4, 0.5) is 17.6 Å². The summed E-state index contributed by atoms with van der Waals surface area (Å²) >= 11 is 0. The number of hydrogen-bond donors (Lipinski definition) is 1. The number of ketones is 1. The number of alkyl halides is 3. The number of aryl methyl sites for hydroxylation is 1. The highest BCUT2D eigenvalue weighted by Gasteiger charge is 2.32. The Morgan fingerprint density at radius 3 is 2.48 bits per heavy atom. The maximum atomic E-state index is 13.3. The second-order valence-electron chi connectivity index (χ2n) is 6.35. The van der Waals surface area contributed by atoms with E-state index in [1.807, 2.05) is 0 Å². The lowest BCUT2D eigenvalue weighted by Gasteiger charge is -2.16. The predicted octanol–water partition coefficient (Wildman–Crippen LogP) is 5.09. The van der Waals surface area contributed by atoms with Gasteiger partial charge in [0.25, 0.3) is 5.91 Å². The molecular weight excluding hydrogens is 390 g/mol. The number of benzene rings is 2. The summed E-state index contributed by atoms with van der Waals surface area (Å²) in [7, 11) is 0. The van der Waals surface area contributed by atoms with E-state index in [4.69, 9.17) is 4.74 Å². The lowest BCUT2D eigenvalue weighted by molar-refractivity contribution is -0.137. The van der Waals surface area contributed by atoms with E-state index in [1.54, 1.807) is 6.92 Å². The fourth-order valence-electron chi connectivity index (χ4n) is 2.68. The predicted molar refractivity (Wildman–Crippen MR) is 97.0 cm³/mol. The monoisotopic (exact) mass is 405 g/mol. The minimum atomic E-state index is -4.67. The molecule has 150 valence electrons. The van der Waals surface area contributed by atoms with Crippen molar-refractivity contribution in [2.24, 2.45) is 0 Å². The van der Waals surface area contributed by atoms with Crippen LogP contribution in [-0.4, -0.2) is 11.7 Å². The molecule has 0 aliphatic heterocycles. The fraction of sp³-hybridized carbons (Fsp3) is 0.143. The molecule has 1 amide bonds. The third-order valence-electron chi connectivity index (χ3n) is 4.10. The molecule has 0 aromatic heterocycles. The Labute approximate surface area is 163 Å². The molecule has 0 unspecified atom stereocenters. The first kappa shape index (κ1) is 20.3. The molecule has 0 heterocycles. The first-order valence-electron chi connectivity index (χ1n) is 8.51. The summed E-state index contributed by atoms with van der Waals surface area (Å²) in [5.74, 6) is -1.58. The number of hydrogen-bond acceptors (Lipinski definition) is 3. The Balaban J connectivity index is 1.98. The molecule has 0 bridgehead atoms. The van der Waals surface area contributed by atoms with Crippen LogP contribution in [0.25, 0.3) is 0 Å². The van der Waals surface area contributed by atoms with E-state index < -0.39 is 23.5 Å². The van der Waals surface area contributed by atoms with E-state index >= 15 is 0 Å². The summed E-state index contributed by atoms with van der Waals surface area (Å²) in [6.45, 7) is 1.56. The van der Waals surface area contributed by atoms with Crippen LogP contribution in [-0.2, 0) is 11.0 Å². The average molecular weight is 405 g/mol.